The Morgan fingerprint density at radius 2 is 1.68 bits per heavy atom. The van der Waals surface area contributed by atoms with Gasteiger partial charge in [0.15, 0.2) is 0 Å². The Bertz CT molecular complexity index is 582. The molecule has 118 valence electrons. The van der Waals surface area contributed by atoms with Crippen LogP contribution in [0.25, 0.3) is 0 Å². The number of carbonyl (C=O) groups is 4. The van der Waals surface area contributed by atoms with Gasteiger partial charge in [0.1, 0.15) is 6.04 Å². The predicted molar refractivity (Wildman–Crippen MR) is 75.3 cm³/mol. The standard InChI is InChI=1S/C14H16N2O6/c1-8(17)21-12(18)7-6-11(16)14(20)22-13(19)9-2-4-10(15)5-3-9/h2-5,11H,6-7,15-16H2,1H3/t11-/m0/s1. The molecule has 0 radical (unpaired) electrons. The molecule has 1 aromatic carbocycles. The number of nitrogens with two attached hydrogens (primary N) is 2. The Morgan fingerprint density at radius 1 is 1.09 bits per heavy atom. The van der Waals surface area contributed by atoms with E-state index >= 15 is 0 Å². The summed E-state index contributed by atoms with van der Waals surface area (Å²) in [6.45, 7) is 1.08. The second kappa shape index (κ2) is 7.89. The van der Waals surface area contributed by atoms with Gasteiger partial charge in [0, 0.05) is 19.0 Å². The SMILES string of the molecule is CC(=O)OC(=O)CC[C@H](N)C(=O)OC(=O)c1ccc(N)cc1. The zero-order chi connectivity index (χ0) is 16.7. The van der Waals surface area contributed by atoms with E-state index in [1.54, 1.807) is 0 Å². The van der Waals surface area contributed by atoms with Crippen molar-refractivity contribution in [3.8, 4) is 0 Å². The van der Waals surface area contributed by atoms with Crippen LogP contribution in [0.15, 0.2) is 24.3 Å². The fourth-order valence-corrected chi connectivity index (χ4v) is 1.45. The lowest BCUT2D eigenvalue weighted by Gasteiger charge is -2.09. The van der Waals surface area contributed by atoms with E-state index in [1.807, 2.05) is 0 Å². The maximum absolute atomic E-state index is 11.7. The van der Waals surface area contributed by atoms with Crippen LogP contribution >= 0.6 is 0 Å². The van der Waals surface area contributed by atoms with Crippen molar-refractivity contribution in [2.24, 2.45) is 5.73 Å². The Balaban J connectivity index is 2.46. The molecule has 0 bridgehead atoms. The average Bonchev–Trinajstić information content (AvgIpc) is 2.44. The number of hydrogen-bond donors (Lipinski definition) is 2. The number of ether oxygens (including phenoxy) is 2. The van der Waals surface area contributed by atoms with Gasteiger partial charge in [-0.15, -0.1) is 0 Å². The van der Waals surface area contributed by atoms with Gasteiger partial charge in [0.25, 0.3) is 0 Å². The van der Waals surface area contributed by atoms with Crippen molar-refractivity contribution in [2.45, 2.75) is 25.8 Å². The van der Waals surface area contributed by atoms with Crippen LogP contribution in [0.2, 0.25) is 0 Å². The molecule has 0 amide bonds. The van der Waals surface area contributed by atoms with Gasteiger partial charge in [0.05, 0.1) is 5.56 Å². The van der Waals surface area contributed by atoms with Gasteiger partial charge in [-0.25, -0.2) is 9.59 Å². The molecule has 0 fully saturated rings. The number of hydrogen-bond acceptors (Lipinski definition) is 8. The van der Waals surface area contributed by atoms with Gasteiger partial charge < -0.3 is 20.9 Å². The van der Waals surface area contributed by atoms with E-state index in [9.17, 15) is 19.2 Å². The van der Waals surface area contributed by atoms with Crippen LogP contribution in [-0.4, -0.2) is 29.9 Å². The molecule has 0 unspecified atom stereocenters. The summed E-state index contributed by atoms with van der Waals surface area (Å²) in [5.41, 5.74) is 11.6. The summed E-state index contributed by atoms with van der Waals surface area (Å²) in [7, 11) is 0. The van der Waals surface area contributed by atoms with Gasteiger partial charge >= 0.3 is 23.9 Å². The minimum Gasteiger partial charge on any atom is -0.399 e. The van der Waals surface area contributed by atoms with Crippen LogP contribution in [0.1, 0.15) is 30.1 Å². The zero-order valence-electron chi connectivity index (χ0n) is 11.9. The summed E-state index contributed by atoms with van der Waals surface area (Å²) < 4.78 is 8.87. The Kier molecular flexibility index (Phi) is 6.21. The monoisotopic (exact) mass is 308 g/mol. The maximum atomic E-state index is 11.7. The first kappa shape index (κ1) is 17.3. The van der Waals surface area contributed by atoms with E-state index in [1.165, 1.54) is 24.3 Å². The highest BCUT2D eigenvalue weighted by atomic mass is 16.6. The summed E-state index contributed by atoms with van der Waals surface area (Å²) in [5, 5.41) is 0. The largest absolute Gasteiger partial charge is 0.399 e. The smallest absolute Gasteiger partial charge is 0.345 e. The number of rotatable bonds is 5. The quantitative estimate of drug-likeness (QED) is 0.445. The highest BCUT2D eigenvalue weighted by Crippen LogP contribution is 2.08. The highest BCUT2D eigenvalue weighted by molar-refractivity contribution is 5.98. The molecular formula is C14H16N2O6. The van der Waals surface area contributed by atoms with Crippen molar-refractivity contribution in [2.75, 3.05) is 5.73 Å². The first-order chi connectivity index (χ1) is 10.3. The summed E-state index contributed by atoms with van der Waals surface area (Å²) in [5.74, 6) is -3.40. The molecule has 8 heteroatoms. The molecule has 22 heavy (non-hydrogen) atoms. The van der Waals surface area contributed by atoms with Crippen molar-refractivity contribution in [3.05, 3.63) is 29.8 Å². The summed E-state index contributed by atoms with van der Waals surface area (Å²) in [6.07, 6.45) is -0.355. The second-order valence-electron chi connectivity index (χ2n) is 4.44. The van der Waals surface area contributed by atoms with Crippen LogP contribution in [-0.2, 0) is 23.9 Å². The van der Waals surface area contributed by atoms with Crippen molar-refractivity contribution in [3.63, 3.8) is 0 Å². The van der Waals surface area contributed by atoms with Crippen molar-refractivity contribution in [1.29, 1.82) is 0 Å². The minimum atomic E-state index is -1.18. The van der Waals surface area contributed by atoms with Gasteiger partial charge in [-0.05, 0) is 30.7 Å². The molecule has 0 aliphatic rings. The van der Waals surface area contributed by atoms with Gasteiger partial charge in [-0.3, -0.25) is 9.59 Å². The summed E-state index contributed by atoms with van der Waals surface area (Å²) in [6, 6.07) is 4.59. The van der Waals surface area contributed by atoms with E-state index in [0.717, 1.165) is 6.92 Å². The lowest BCUT2D eigenvalue weighted by Crippen LogP contribution is -2.34. The lowest BCUT2D eigenvalue weighted by atomic mass is 10.1. The number of benzene rings is 1. The van der Waals surface area contributed by atoms with Crippen LogP contribution in [0, 0.1) is 0 Å². The third-order valence-electron chi connectivity index (χ3n) is 2.56. The van der Waals surface area contributed by atoms with E-state index in [0.29, 0.717) is 5.69 Å². The average molecular weight is 308 g/mol. The fourth-order valence-electron chi connectivity index (χ4n) is 1.45. The molecule has 1 atom stereocenters. The molecular weight excluding hydrogens is 292 g/mol. The molecule has 0 spiro atoms. The third kappa shape index (κ3) is 5.71. The third-order valence-corrected chi connectivity index (χ3v) is 2.56. The summed E-state index contributed by atoms with van der Waals surface area (Å²) >= 11 is 0. The van der Waals surface area contributed by atoms with E-state index in [-0.39, 0.29) is 18.4 Å². The zero-order valence-corrected chi connectivity index (χ0v) is 11.9. The molecule has 1 rings (SSSR count). The molecule has 1 aromatic rings. The molecule has 0 aliphatic carbocycles. The number of anilines is 1. The van der Waals surface area contributed by atoms with Crippen LogP contribution in [0.5, 0.6) is 0 Å². The number of nitrogen functional groups attached to an aromatic ring is 1. The van der Waals surface area contributed by atoms with E-state index in [4.69, 9.17) is 11.5 Å². The van der Waals surface area contributed by atoms with Crippen LogP contribution < -0.4 is 11.5 Å². The molecule has 0 aliphatic heterocycles. The minimum absolute atomic E-state index is 0.111. The van der Waals surface area contributed by atoms with Crippen molar-refractivity contribution in [1.82, 2.24) is 0 Å². The van der Waals surface area contributed by atoms with E-state index in [2.05, 4.69) is 9.47 Å². The molecule has 0 aromatic heterocycles. The van der Waals surface area contributed by atoms with Crippen LogP contribution in [0.3, 0.4) is 0 Å². The maximum Gasteiger partial charge on any atom is 0.345 e. The van der Waals surface area contributed by atoms with Gasteiger partial charge in [-0.1, -0.05) is 0 Å². The fraction of sp³-hybridized carbons (Fsp3) is 0.286. The highest BCUT2D eigenvalue weighted by Gasteiger charge is 2.21. The normalized spacial score (nSPS) is 11.4. The topological polar surface area (TPSA) is 139 Å². The van der Waals surface area contributed by atoms with Crippen LogP contribution in [0.4, 0.5) is 5.69 Å². The number of esters is 4. The number of carbonyl (C=O) groups excluding carboxylic acids is 4. The Morgan fingerprint density at radius 3 is 2.23 bits per heavy atom. The van der Waals surface area contributed by atoms with Crippen molar-refractivity contribution >= 4 is 29.6 Å². The van der Waals surface area contributed by atoms with Crippen molar-refractivity contribution < 1.29 is 28.7 Å². The first-order valence-electron chi connectivity index (χ1n) is 6.38. The first-order valence-corrected chi connectivity index (χ1v) is 6.38. The molecule has 4 N–H and O–H groups in total. The van der Waals surface area contributed by atoms with E-state index < -0.39 is 29.9 Å². The molecule has 0 saturated heterocycles. The lowest BCUT2D eigenvalue weighted by molar-refractivity contribution is -0.158. The second-order valence-corrected chi connectivity index (χ2v) is 4.44. The molecule has 0 saturated carbocycles. The Hall–Kier alpha value is -2.74. The molecule has 8 nitrogen and oxygen atoms in total. The summed E-state index contributed by atoms with van der Waals surface area (Å²) in [4.78, 5) is 45.0. The van der Waals surface area contributed by atoms with Gasteiger partial charge in [-0.2, -0.15) is 0 Å². The predicted octanol–water partition coefficient (Wildman–Crippen LogP) is 0.149. The Labute approximate surface area is 126 Å². The van der Waals surface area contributed by atoms with Gasteiger partial charge in [0.2, 0.25) is 0 Å². The molecule has 0 heterocycles.